The predicted molar refractivity (Wildman–Crippen MR) is 43.1 cm³/mol. The van der Waals surface area contributed by atoms with E-state index in [2.05, 4.69) is 10.6 Å². The van der Waals surface area contributed by atoms with Crippen LogP contribution >= 0.6 is 0 Å². The van der Waals surface area contributed by atoms with Gasteiger partial charge in [0.05, 0.1) is 6.04 Å². The van der Waals surface area contributed by atoms with Gasteiger partial charge in [-0.1, -0.05) is 0 Å². The Morgan fingerprint density at radius 1 is 1.82 bits per heavy atom. The molecule has 0 aliphatic carbocycles. The Kier molecular flexibility index (Phi) is 2.84. The molecule has 64 valence electrons. The van der Waals surface area contributed by atoms with E-state index in [9.17, 15) is 4.79 Å². The highest BCUT2D eigenvalue weighted by Gasteiger charge is 2.17. The first-order valence-electron chi connectivity index (χ1n) is 3.97. The molecule has 0 bridgehead atoms. The Labute approximate surface area is 66.5 Å². The van der Waals surface area contributed by atoms with Crippen molar-refractivity contribution >= 4 is 5.91 Å². The molecule has 0 saturated carbocycles. The molecule has 1 aliphatic rings. The van der Waals surface area contributed by atoms with Gasteiger partial charge in [-0.3, -0.25) is 4.79 Å². The van der Waals surface area contributed by atoms with Gasteiger partial charge in [-0.15, -0.1) is 0 Å². The van der Waals surface area contributed by atoms with Crippen molar-refractivity contribution in [1.29, 1.82) is 0 Å². The predicted octanol–water partition coefficient (Wildman–Crippen LogP) is -1.19. The van der Waals surface area contributed by atoms with Crippen LogP contribution in [0.2, 0.25) is 0 Å². The van der Waals surface area contributed by atoms with Crippen molar-refractivity contribution < 1.29 is 4.79 Å². The molecular weight excluding hydrogens is 142 g/mol. The summed E-state index contributed by atoms with van der Waals surface area (Å²) in [5.41, 5.74) is 5.38. The van der Waals surface area contributed by atoms with Crippen LogP contribution in [-0.4, -0.2) is 31.1 Å². The standard InChI is InChI=1S/C7H15N3O/c1-5(8)7(11)10-6-2-3-9-4-6/h5-6,9H,2-4,8H2,1H3,(H,10,11)/t5-,6?/m1/s1. The molecule has 0 spiro atoms. The summed E-state index contributed by atoms with van der Waals surface area (Å²) in [6, 6.07) is -0.107. The summed E-state index contributed by atoms with van der Waals surface area (Å²) in [5.74, 6) is -0.0568. The van der Waals surface area contributed by atoms with E-state index in [1.54, 1.807) is 6.92 Å². The van der Waals surface area contributed by atoms with Crippen molar-refractivity contribution in [3.8, 4) is 0 Å². The van der Waals surface area contributed by atoms with Gasteiger partial charge in [0.25, 0.3) is 0 Å². The van der Waals surface area contributed by atoms with E-state index in [4.69, 9.17) is 5.73 Å². The average molecular weight is 157 g/mol. The Hall–Kier alpha value is -0.610. The van der Waals surface area contributed by atoms with Crippen LogP contribution in [-0.2, 0) is 4.79 Å². The Bertz CT molecular complexity index is 141. The lowest BCUT2D eigenvalue weighted by atomic mass is 10.2. The summed E-state index contributed by atoms with van der Waals surface area (Å²) in [6.07, 6.45) is 1.01. The lowest BCUT2D eigenvalue weighted by Gasteiger charge is -2.12. The SMILES string of the molecule is C[C@@H](N)C(=O)NC1CCNC1. The van der Waals surface area contributed by atoms with Crippen molar-refractivity contribution in [3.63, 3.8) is 0 Å². The van der Waals surface area contributed by atoms with E-state index in [1.165, 1.54) is 0 Å². The molecule has 1 fully saturated rings. The van der Waals surface area contributed by atoms with E-state index < -0.39 is 6.04 Å². The molecule has 0 radical (unpaired) electrons. The summed E-state index contributed by atoms with van der Waals surface area (Å²) >= 11 is 0. The Morgan fingerprint density at radius 3 is 3.00 bits per heavy atom. The van der Waals surface area contributed by atoms with Crippen LogP contribution in [0, 0.1) is 0 Å². The second kappa shape index (κ2) is 3.69. The van der Waals surface area contributed by atoms with Crippen LogP contribution in [0.25, 0.3) is 0 Å². The lowest BCUT2D eigenvalue weighted by molar-refractivity contribution is -0.122. The quantitative estimate of drug-likeness (QED) is 0.472. The first kappa shape index (κ1) is 8.49. The second-order valence-corrected chi connectivity index (χ2v) is 2.99. The molecule has 0 aromatic carbocycles. The zero-order valence-electron chi connectivity index (χ0n) is 6.76. The van der Waals surface area contributed by atoms with E-state index in [0.29, 0.717) is 0 Å². The molecule has 11 heavy (non-hydrogen) atoms. The summed E-state index contributed by atoms with van der Waals surface area (Å²) in [6.45, 7) is 3.56. The van der Waals surface area contributed by atoms with Crippen LogP contribution in [0.4, 0.5) is 0 Å². The van der Waals surface area contributed by atoms with Crippen LogP contribution < -0.4 is 16.4 Å². The highest BCUT2D eigenvalue weighted by molar-refractivity contribution is 5.81. The smallest absolute Gasteiger partial charge is 0.236 e. The number of nitrogens with one attached hydrogen (secondary N) is 2. The van der Waals surface area contributed by atoms with Crippen molar-refractivity contribution in [1.82, 2.24) is 10.6 Å². The normalized spacial score (nSPS) is 26.5. The minimum absolute atomic E-state index is 0.0568. The number of carbonyl (C=O) groups excluding carboxylic acids is 1. The van der Waals surface area contributed by atoms with Crippen molar-refractivity contribution in [2.75, 3.05) is 13.1 Å². The van der Waals surface area contributed by atoms with Crippen LogP contribution in [0.15, 0.2) is 0 Å². The van der Waals surface area contributed by atoms with Gasteiger partial charge < -0.3 is 16.4 Å². The maximum absolute atomic E-state index is 11.0. The van der Waals surface area contributed by atoms with Gasteiger partial charge in [0, 0.05) is 12.6 Å². The first-order chi connectivity index (χ1) is 5.20. The minimum Gasteiger partial charge on any atom is -0.351 e. The topological polar surface area (TPSA) is 67.2 Å². The fraction of sp³-hybridized carbons (Fsp3) is 0.857. The van der Waals surface area contributed by atoms with Crippen molar-refractivity contribution in [2.45, 2.75) is 25.4 Å². The highest BCUT2D eigenvalue weighted by atomic mass is 16.2. The molecule has 4 nitrogen and oxygen atoms in total. The third-order valence-corrected chi connectivity index (χ3v) is 1.82. The summed E-state index contributed by atoms with van der Waals surface area (Å²) in [5, 5.41) is 6.01. The highest BCUT2D eigenvalue weighted by Crippen LogP contribution is 1.96. The Balaban J connectivity index is 2.24. The zero-order valence-corrected chi connectivity index (χ0v) is 6.76. The van der Waals surface area contributed by atoms with Crippen LogP contribution in [0.3, 0.4) is 0 Å². The molecule has 4 heteroatoms. The van der Waals surface area contributed by atoms with E-state index in [1.807, 2.05) is 0 Å². The molecule has 1 saturated heterocycles. The van der Waals surface area contributed by atoms with Gasteiger partial charge in [0.15, 0.2) is 0 Å². The first-order valence-corrected chi connectivity index (χ1v) is 3.97. The number of hydrogen-bond donors (Lipinski definition) is 3. The van der Waals surface area contributed by atoms with E-state index >= 15 is 0 Å². The van der Waals surface area contributed by atoms with Crippen LogP contribution in [0.5, 0.6) is 0 Å². The number of carbonyl (C=O) groups is 1. The molecule has 2 atom stereocenters. The molecule has 1 amide bonds. The average Bonchev–Trinajstić information content (AvgIpc) is 2.39. The molecular formula is C7H15N3O. The van der Waals surface area contributed by atoms with Gasteiger partial charge in [0.1, 0.15) is 0 Å². The van der Waals surface area contributed by atoms with Gasteiger partial charge in [-0.2, -0.15) is 0 Å². The second-order valence-electron chi connectivity index (χ2n) is 2.99. The zero-order chi connectivity index (χ0) is 8.27. The third kappa shape index (κ3) is 2.48. The maximum atomic E-state index is 11.0. The molecule has 0 aromatic rings. The molecule has 0 aromatic heterocycles. The van der Waals surface area contributed by atoms with Gasteiger partial charge in [-0.05, 0) is 19.9 Å². The lowest BCUT2D eigenvalue weighted by Crippen LogP contribution is -2.44. The summed E-state index contributed by atoms with van der Waals surface area (Å²) in [4.78, 5) is 11.0. The molecule has 4 N–H and O–H groups in total. The fourth-order valence-corrected chi connectivity index (χ4v) is 1.11. The van der Waals surface area contributed by atoms with E-state index in [0.717, 1.165) is 19.5 Å². The number of amides is 1. The number of hydrogen-bond acceptors (Lipinski definition) is 3. The largest absolute Gasteiger partial charge is 0.351 e. The number of rotatable bonds is 2. The van der Waals surface area contributed by atoms with Gasteiger partial charge in [0.2, 0.25) is 5.91 Å². The van der Waals surface area contributed by atoms with Gasteiger partial charge >= 0.3 is 0 Å². The summed E-state index contributed by atoms with van der Waals surface area (Å²) in [7, 11) is 0. The molecule has 1 heterocycles. The maximum Gasteiger partial charge on any atom is 0.236 e. The van der Waals surface area contributed by atoms with E-state index in [-0.39, 0.29) is 11.9 Å². The third-order valence-electron chi connectivity index (χ3n) is 1.82. The van der Waals surface area contributed by atoms with Gasteiger partial charge in [-0.25, -0.2) is 0 Å². The minimum atomic E-state index is -0.393. The fourth-order valence-electron chi connectivity index (χ4n) is 1.11. The Morgan fingerprint density at radius 2 is 2.55 bits per heavy atom. The molecule has 1 aliphatic heterocycles. The van der Waals surface area contributed by atoms with Crippen molar-refractivity contribution in [2.24, 2.45) is 5.73 Å². The number of nitrogens with two attached hydrogens (primary N) is 1. The van der Waals surface area contributed by atoms with Crippen LogP contribution in [0.1, 0.15) is 13.3 Å². The molecule has 1 unspecified atom stereocenters. The monoisotopic (exact) mass is 157 g/mol. The van der Waals surface area contributed by atoms with Crippen molar-refractivity contribution in [3.05, 3.63) is 0 Å². The summed E-state index contributed by atoms with van der Waals surface area (Å²) < 4.78 is 0. The molecule has 1 rings (SSSR count).